The highest BCUT2D eigenvalue weighted by atomic mass is 16.5. The van der Waals surface area contributed by atoms with Gasteiger partial charge in [-0.3, -0.25) is 9.59 Å². The van der Waals surface area contributed by atoms with Crippen LogP contribution in [0.15, 0.2) is 71.5 Å². The van der Waals surface area contributed by atoms with Gasteiger partial charge in [0.2, 0.25) is 0 Å². The lowest BCUT2D eigenvalue weighted by molar-refractivity contribution is 0.0946. The summed E-state index contributed by atoms with van der Waals surface area (Å²) in [6.45, 7) is 3.47. The molecule has 3 rings (SSSR count). The second kappa shape index (κ2) is 10.2. The van der Waals surface area contributed by atoms with Crippen molar-refractivity contribution in [2.24, 2.45) is 0 Å². The lowest BCUT2D eigenvalue weighted by Gasteiger charge is -2.09. The molecule has 1 heterocycles. The summed E-state index contributed by atoms with van der Waals surface area (Å²) >= 11 is 0. The Morgan fingerprint density at radius 2 is 1.76 bits per heavy atom. The Morgan fingerprint density at radius 1 is 1.00 bits per heavy atom. The predicted molar refractivity (Wildman–Crippen MR) is 112 cm³/mol. The molecule has 0 unspecified atom stereocenters. The van der Waals surface area contributed by atoms with Gasteiger partial charge in [0.15, 0.2) is 0 Å². The number of carbonyl (C=O) groups excluding carboxylic acids is 1. The van der Waals surface area contributed by atoms with Gasteiger partial charge in [-0.05, 0) is 42.2 Å². The molecule has 0 bridgehead atoms. The van der Waals surface area contributed by atoms with Gasteiger partial charge in [0, 0.05) is 19.2 Å². The smallest absolute Gasteiger partial charge is 0.271 e. The SMILES string of the molecule is CCCn1nc(C(=O)NCCc2ccc(OCc3ccccc3)cc2)ccc1=O. The number of nitrogens with one attached hydrogen (secondary N) is 1. The topological polar surface area (TPSA) is 73.2 Å². The van der Waals surface area contributed by atoms with Crippen molar-refractivity contribution >= 4 is 5.91 Å². The van der Waals surface area contributed by atoms with E-state index in [4.69, 9.17) is 4.74 Å². The van der Waals surface area contributed by atoms with Crippen LogP contribution >= 0.6 is 0 Å². The number of amides is 1. The number of ether oxygens (including phenoxy) is 1. The van der Waals surface area contributed by atoms with E-state index in [1.807, 2.05) is 61.5 Å². The van der Waals surface area contributed by atoms with E-state index in [2.05, 4.69) is 10.4 Å². The Morgan fingerprint density at radius 3 is 2.48 bits per heavy atom. The normalized spacial score (nSPS) is 10.5. The van der Waals surface area contributed by atoms with Gasteiger partial charge in [0.1, 0.15) is 18.1 Å². The number of nitrogens with zero attached hydrogens (tertiary/aromatic N) is 2. The highest BCUT2D eigenvalue weighted by Crippen LogP contribution is 2.14. The van der Waals surface area contributed by atoms with E-state index in [1.54, 1.807) is 0 Å². The largest absolute Gasteiger partial charge is 0.489 e. The van der Waals surface area contributed by atoms with E-state index in [0.717, 1.165) is 23.3 Å². The molecule has 0 aliphatic heterocycles. The molecule has 1 aromatic heterocycles. The van der Waals surface area contributed by atoms with Crippen molar-refractivity contribution in [3.63, 3.8) is 0 Å². The van der Waals surface area contributed by atoms with E-state index in [-0.39, 0.29) is 17.2 Å². The number of carbonyl (C=O) groups is 1. The van der Waals surface area contributed by atoms with E-state index < -0.39 is 0 Å². The molecule has 0 saturated carbocycles. The molecule has 0 spiro atoms. The summed E-state index contributed by atoms with van der Waals surface area (Å²) in [5.74, 6) is 0.529. The fourth-order valence-corrected chi connectivity index (χ4v) is 2.85. The first kappa shape index (κ1) is 20.3. The van der Waals surface area contributed by atoms with E-state index >= 15 is 0 Å². The van der Waals surface area contributed by atoms with E-state index in [0.29, 0.717) is 26.1 Å². The average molecular weight is 391 g/mol. The van der Waals surface area contributed by atoms with Crippen molar-refractivity contribution in [3.05, 3.63) is 93.9 Å². The van der Waals surface area contributed by atoms with Crippen LogP contribution in [0.25, 0.3) is 0 Å². The standard InChI is InChI=1S/C23H25N3O3/c1-2-16-26-22(27)13-12-21(25-26)23(28)24-15-14-18-8-10-20(11-9-18)29-17-19-6-4-3-5-7-19/h3-13H,2,14-17H2,1H3,(H,24,28). The molecule has 1 N–H and O–H groups in total. The number of aryl methyl sites for hydroxylation is 1. The van der Waals surface area contributed by atoms with Crippen LogP contribution in [0.3, 0.4) is 0 Å². The van der Waals surface area contributed by atoms with Crippen LogP contribution in [-0.2, 0) is 19.6 Å². The second-order valence-corrected chi connectivity index (χ2v) is 6.70. The molecule has 150 valence electrons. The molecule has 6 nitrogen and oxygen atoms in total. The molecular weight excluding hydrogens is 366 g/mol. The first-order valence-corrected chi connectivity index (χ1v) is 9.77. The monoisotopic (exact) mass is 391 g/mol. The zero-order chi connectivity index (χ0) is 20.5. The van der Waals surface area contributed by atoms with Crippen molar-refractivity contribution in [1.82, 2.24) is 15.1 Å². The van der Waals surface area contributed by atoms with Crippen LogP contribution in [0.2, 0.25) is 0 Å². The number of rotatable bonds is 9. The third-order valence-corrected chi connectivity index (χ3v) is 4.41. The Kier molecular flexibility index (Phi) is 7.16. The highest BCUT2D eigenvalue weighted by Gasteiger charge is 2.09. The van der Waals surface area contributed by atoms with Crippen LogP contribution in [0.1, 0.15) is 35.0 Å². The fraction of sp³-hybridized carbons (Fsp3) is 0.261. The summed E-state index contributed by atoms with van der Waals surface area (Å²) in [7, 11) is 0. The van der Waals surface area contributed by atoms with Crippen molar-refractivity contribution in [2.45, 2.75) is 32.9 Å². The van der Waals surface area contributed by atoms with Gasteiger partial charge >= 0.3 is 0 Å². The lowest BCUT2D eigenvalue weighted by Crippen LogP contribution is -2.30. The minimum absolute atomic E-state index is 0.196. The summed E-state index contributed by atoms with van der Waals surface area (Å²) in [5, 5.41) is 6.97. The minimum Gasteiger partial charge on any atom is -0.489 e. The highest BCUT2D eigenvalue weighted by molar-refractivity contribution is 5.91. The molecule has 0 saturated heterocycles. The van der Waals surface area contributed by atoms with Gasteiger partial charge in [-0.25, -0.2) is 4.68 Å². The maximum Gasteiger partial charge on any atom is 0.271 e. The molecular formula is C23H25N3O3. The van der Waals surface area contributed by atoms with Crippen molar-refractivity contribution in [1.29, 1.82) is 0 Å². The van der Waals surface area contributed by atoms with Crippen LogP contribution in [-0.4, -0.2) is 22.2 Å². The summed E-state index contributed by atoms with van der Waals surface area (Å²) in [6.07, 6.45) is 1.47. The number of hydrogen-bond acceptors (Lipinski definition) is 4. The Labute approximate surface area is 170 Å². The molecule has 2 aromatic carbocycles. The molecule has 0 fully saturated rings. The Bertz CT molecular complexity index is 982. The molecule has 0 radical (unpaired) electrons. The second-order valence-electron chi connectivity index (χ2n) is 6.70. The van der Waals surface area contributed by atoms with Gasteiger partial charge < -0.3 is 10.1 Å². The number of benzene rings is 2. The average Bonchev–Trinajstić information content (AvgIpc) is 2.75. The third kappa shape index (κ3) is 6.04. The van der Waals surface area contributed by atoms with Gasteiger partial charge in [-0.1, -0.05) is 49.4 Å². The number of hydrogen-bond donors (Lipinski definition) is 1. The van der Waals surface area contributed by atoms with Crippen LogP contribution in [0.4, 0.5) is 0 Å². The third-order valence-electron chi connectivity index (χ3n) is 4.41. The lowest BCUT2D eigenvalue weighted by atomic mass is 10.1. The van der Waals surface area contributed by atoms with E-state index in [9.17, 15) is 9.59 Å². The summed E-state index contributed by atoms with van der Waals surface area (Å²) in [4.78, 5) is 24.0. The maximum absolute atomic E-state index is 12.3. The predicted octanol–water partition coefficient (Wildman–Crippen LogP) is 3.20. The minimum atomic E-state index is -0.280. The number of aromatic nitrogens is 2. The maximum atomic E-state index is 12.3. The molecule has 0 atom stereocenters. The first-order valence-electron chi connectivity index (χ1n) is 9.77. The molecule has 6 heteroatoms. The van der Waals surface area contributed by atoms with Crippen molar-refractivity contribution in [2.75, 3.05) is 6.54 Å². The van der Waals surface area contributed by atoms with Crippen LogP contribution in [0.5, 0.6) is 5.75 Å². The first-order chi connectivity index (χ1) is 14.2. The Balaban J connectivity index is 1.47. The Hall–Kier alpha value is -3.41. The van der Waals surface area contributed by atoms with Crippen LogP contribution in [0, 0.1) is 0 Å². The van der Waals surface area contributed by atoms with Crippen molar-refractivity contribution in [3.8, 4) is 5.75 Å². The quantitative estimate of drug-likeness (QED) is 0.608. The summed E-state index contributed by atoms with van der Waals surface area (Å²) in [5.41, 5.74) is 2.28. The summed E-state index contributed by atoms with van der Waals surface area (Å²) in [6, 6.07) is 20.7. The van der Waals surface area contributed by atoms with E-state index in [1.165, 1.54) is 16.8 Å². The van der Waals surface area contributed by atoms with Gasteiger partial charge in [-0.2, -0.15) is 5.10 Å². The van der Waals surface area contributed by atoms with Gasteiger partial charge in [0.05, 0.1) is 0 Å². The zero-order valence-electron chi connectivity index (χ0n) is 16.5. The van der Waals surface area contributed by atoms with Crippen LogP contribution < -0.4 is 15.6 Å². The molecule has 29 heavy (non-hydrogen) atoms. The molecule has 0 aliphatic carbocycles. The summed E-state index contributed by atoms with van der Waals surface area (Å²) < 4.78 is 7.10. The molecule has 0 aliphatic rings. The van der Waals surface area contributed by atoms with Gasteiger partial charge in [-0.15, -0.1) is 0 Å². The molecule has 3 aromatic rings. The molecule has 1 amide bonds. The fourth-order valence-electron chi connectivity index (χ4n) is 2.85. The van der Waals surface area contributed by atoms with Crippen molar-refractivity contribution < 1.29 is 9.53 Å². The van der Waals surface area contributed by atoms with Gasteiger partial charge in [0.25, 0.3) is 11.5 Å². The zero-order valence-corrected chi connectivity index (χ0v) is 16.5.